The summed E-state index contributed by atoms with van der Waals surface area (Å²) in [4.78, 5) is 0.0237. The predicted octanol–water partition coefficient (Wildman–Crippen LogP) is 1.97. The Morgan fingerprint density at radius 1 is 1.06 bits per heavy atom. The van der Waals surface area contributed by atoms with E-state index in [9.17, 15) is 13.0 Å². The third-order valence-electron chi connectivity index (χ3n) is 2.30. The molecule has 0 spiro atoms. The lowest BCUT2D eigenvalue weighted by Gasteiger charge is -2.14. The molecule has 2 rings (SSSR count). The van der Waals surface area contributed by atoms with Crippen LogP contribution in [0.1, 0.15) is 40.5 Å². The Kier molecular flexibility index (Phi) is 7.55. The maximum Gasteiger partial charge on any atom is 0.121 e. The van der Waals surface area contributed by atoms with E-state index in [1.54, 1.807) is 12.1 Å². The highest BCUT2D eigenvalue weighted by Crippen LogP contribution is 2.13. The molecule has 0 radical (unpaired) electrons. The van der Waals surface area contributed by atoms with Gasteiger partial charge in [0.2, 0.25) is 0 Å². The lowest BCUT2D eigenvalue weighted by atomic mass is 10.1. The molecule has 0 saturated carbocycles. The van der Waals surface area contributed by atoms with E-state index < -0.39 is 10.1 Å². The van der Waals surface area contributed by atoms with Gasteiger partial charge in [-0.2, -0.15) is 0 Å². The number of hydrogen-bond acceptors (Lipinski definition) is 3. The Bertz CT molecular complexity index is 571. The van der Waals surface area contributed by atoms with Crippen molar-refractivity contribution in [3.05, 3.63) is 34.7 Å². The molecular weight excluding hydrogens is 248 g/mol. The zero-order chi connectivity index (χ0) is 14.2. The molecule has 102 valence electrons. The Labute approximate surface area is 110 Å². The second-order valence-corrected chi connectivity index (χ2v) is 4.61. The highest BCUT2D eigenvalue weighted by Gasteiger charge is 2.09. The summed E-state index contributed by atoms with van der Waals surface area (Å²) in [6.07, 6.45) is 2.89. The molecule has 1 aliphatic rings. The Hall–Kier alpha value is -1.13. The first-order valence-electron chi connectivity index (χ1n) is 6.33. The summed E-state index contributed by atoms with van der Waals surface area (Å²) in [5.74, 6) is 0. The zero-order valence-electron chi connectivity index (χ0n) is 11.4. The van der Waals surface area contributed by atoms with Crippen LogP contribution in [0.2, 0.25) is 0 Å². The van der Waals surface area contributed by atoms with E-state index in [-0.39, 0.29) is 4.91 Å². The van der Waals surface area contributed by atoms with Crippen LogP contribution < -0.4 is 10.4 Å². The van der Waals surface area contributed by atoms with Gasteiger partial charge < -0.3 is 4.55 Å². The largest absolute Gasteiger partial charge is 0.744 e. The van der Waals surface area contributed by atoms with Crippen molar-refractivity contribution >= 4 is 21.1 Å². The molecule has 0 aliphatic heterocycles. The maximum atomic E-state index is 10.9. The summed E-state index contributed by atoms with van der Waals surface area (Å²) in [6.45, 7) is 8.00. The lowest BCUT2D eigenvalue weighted by molar-refractivity contribution is 0.474. The molecule has 0 unspecified atom stereocenters. The molecule has 0 saturated heterocycles. The molecule has 0 atom stereocenters. The Balaban J connectivity index is 0.000000659. The number of benzene rings is 1. The molecule has 1 aliphatic carbocycles. The van der Waals surface area contributed by atoms with Gasteiger partial charge in [-0.3, -0.25) is 0 Å². The van der Waals surface area contributed by atoms with E-state index >= 15 is 0 Å². The van der Waals surface area contributed by atoms with Crippen LogP contribution in [0.4, 0.5) is 0 Å². The van der Waals surface area contributed by atoms with Crippen molar-refractivity contribution in [3.8, 4) is 0 Å². The van der Waals surface area contributed by atoms with Crippen LogP contribution in [-0.2, 0) is 10.1 Å². The van der Waals surface area contributed by atoms with E-state index in [2.05, 4.69) is 0 Å². The smallest absolute Gasteiger partial charge is 0.121 e. The first-order valence-corrected chi connectivity index (χ1v) is 7.74. The van der Waals surface area contributed by atoms with Gasteiger partial charge in [-0.1, -0.05) is 58.0 Å². The molecule has 1 aromatic carbocycles. The van der Waals surface area contributed by atoms with Crippen molar-refractivity contribution in [2.24, 2.45) is 0 Å². The van der Waals surface area contributed by atoms with E-state index in [4.69, 9.17) is 0 Å². The molecule has 18 heavy (non-hydrogen) atoms. The van der Waals surface area contributed by atoms with Crippen molar-refractivity contribution < 1.29 is 13.0 Å². The average molecular weight is 269 g/mol. The van der Waals surface area contributed by atoms with Crippen molar-refractivity contribution in [1.82, 2.24) is 0 Å². The minimum atomic E-state index is -4.29. The van der Waals surface area contributed by atoms with Crippen LogP contribution in [0.15, 0.2) is 24.3 Å². The van der Waals surface area contributed by atoms with Gasteiger partial charge in [0.15, 0.2) is 0 Å². The first-order chi connectivity index (χ1) is 8.59. The highest BCUT2D eigenvalue weighted by atomic mass is 32.2. The van der Waals surface area contributed by atoms with Crippen molar-refractivity contribution in [2.75, 3.05) is 0 Å². The van der Waals surface area contributed by atoms with E-state index in [0.29, 0.717) is 18.1 Å². The van der Waals surface area contributed by atoms with Gasteiger partial charge in [-0.15, -0.1) is 0 Å². The molecule has 4 heteroatoms. The van der Waals surface area contributed by atoms with Crippen LogP contribution >= 0.6 is 0 Å². The van der Waals surface area contributed by atoms with Crippen LogP contribution in [0.25, 0.3) is 11.0 Å². The van der Waals surface area contributed by atoms with Crippen LogP contribution in [0, 0.1) is 0 Å². The summed E-state index contributed by atoms with van der Waals surface area (Å²) >= 11 is 0. The fourth-order valence-electron chi connectivity index (χ4n) is 1.68. The molecule has 0 N–H and O–H groups in total. The number of hydrogen-bond donors (Lipinski definition) is 0. The van der Waals surface area contributed by atoms with Gasteiger partial charge in [0.25, 0.3) is 0 Å². The third kappa shape index (κ3) is 4.27. The summed E-state index contributed by atoms with van der Waals surface area (Å²) in [7, 11) is -4.29. The standard InChI is InChI=1S/C10H10O3S.2C2H6/c11-14(12,13)10-7-3-5-8-4-1-2-6-9(8)10;2*1-2/h1-2,4-6H,3,7H2,(H,11,12,13);2*1-2H3/p-1. The zero-order valence-corrected chi connectivity index (χ0v) is 12.3. The summed E-state index contributed by atoms with van der Waals surface area (Å²) in [6, 6.07) is 7.06. The molecule has 0 amide bonds. The van der Waals surface area contributed by atoms with Crippen molar-refractivity contribution in [3.63, 3.8) is 0 Å². The van der Waals surface area contributed by atoms with Crippen LogP contribution in [-0.4, -0.2) is 13.0 Å². The molecule has 0 fully saturated rings. The van der Waals surface area contributed by atoms with E-state index in [1.807, 2.05) is 45.9 Å². The monoisotopic (exact) mass is 269 g/mol. The normalized spacial score (nSPS) is 13.1. The van der Waals surface area contributed by atoms with Gasteiger partial charge >= 0.3 is 0 Å². The second-order valence-electron chi connectivity index (χ2n) is 3.21. The van der Waals surface area contributed by atoms with Gasteiger partial charge in [-0.05, 0) is 23.3 Å². The Morgan fingerprint density at radius 3 is 2.17 bits per heavy atom. The number of rotatable bonds is 1. The summed E-state index contributed by atoms with van der Waals surface area (Å²) in [5.41, 5.74) is 0. The topological polar surface area (TPSA) is 57.2 Å². The fourth-order valence-corrected chi connectivity index (χ4v) is 2.51. The van der Waals surface area contributed by atoms with Crippen LogP contribution in [0.3, 0.4) is 0 Å². The summed E-state index contributed by atoms with van der Waals surface area (Å²) in [5, 5.41) is 1.40. The SMILES string of the molecule is CC.CC.O=S(=O)([O-])C1=c2ccccc2=CCC1. The van der Waals surface area contributed by atoms with Crippen molar-refractivity contribution in [1.29, 1.82) is 0 Å². The van der Waals surface area contributed by atoms with Crippen molar-refractivity contribution in [2.45, 2.75) is 40.5 Å². The molecule has 0 aromatic heterocycles. The second kappa shape index (κ2) is 8.06. The molecule has 3 nitrogen and oxygen atoms in total. The van der Waals surface area contributed by atoms with Gasteiger partial charge in [0.1, 0.15) is 10.1 Å². The lowest BCUT2D eigenvalue weighted by Crippen LogP contribution is -2.31. The highest BCUT2D eigenvalue weighted by molar-refractivity contribution is 7.94. The van der Waals surface area contributed by atoms with Gasteiger partial charge in [-0.25, -0.2) is 8.42 Å². The molecule has 0 bridgehead atoms. The van der Waals surface area contributed by atoms with E-state index in [1.165, 1.54) is 0 Å². The third-order valence-corrected chi connectivity index (χ3v) is 3.33. The predicted molar refractivity (Wildman–Crippen MR) is 75.2 cm³/mol. The molecular formula is C14H21O3S-. The van der Waals surface area contributed by atoms with Crippen LogP contribution in [0.5, 0.6) is 0 Å². The fraction of sp³-hybridized carbons (Fsp3) is 0.429. The van der Waals surface area contributed by atoms with E-state index in [0.717, 1.165) is 5.22 Å². The summed E-state index contributed by atoms with van der Waals surface area (Å²) < 4.78 is 32.8. The number of fused-ring (bicyclic) bond motifs is 1. The maximum absolute atomic E-state index is 10.9. The van der Waals surface area contributed by atoms with Gasteiger partial charge in [0, 0.05) is 4.91 Å². The first kappa shape index (κ1) is 16.9. The Morgan fingerprint density at radius 2 is 1.61 bits per heavy atom. The quantitative estimate of drug-likeness (QED) is 0.732. The molecule has 0 heterocycles. The average Bonchev–Trinajstić information content (AvgIpc) is 2.41. The minimum Gasteiger partial charge on any atom is -0.744 e. The minimum absolute atomic E-state index is 0.0237. The van der Waals surface area contributed by atoms with Gasteiger partial charge in [0.05, 0.1) is 0 Å². The molecule has 1 aromatic rings.